The van der Waals surface area contributed by atoms with E-state index in [0.717, 1.165) is 16.0 Å². The third kappa shape index (κ3) is 5.34. The number of carbonyl (C=O) groups excluding carboxylic acids is 3. The normalized spacial score (nSPS) is 24.9. The number of nitrogens with zero attached hydrogens (tertiary/aromatic N) is 1. The van der Waals surface area contributed by atoms with Crippen LogP contribution < -0.4 is 0 Å². The van der Waals surface area contributed by atoms with E-state index in [-0.39, 0.29) is 18.1 Å². The summed E-state index contributed by atoms with van der Waals surface area (Å²) < 4.78 is 21.4. The van der Waals surface area contributed by atoms with Crippen molar-refractivity contribution < 1.29 is 23.5 Å². The van der Waals surface area contributed by atoms with Gasteiger partial charge in [0.2, 0.25) is 5.91 Å². The van der Waals surface area contributed by atoms with Gasteiger partial charge in [0.15, 0.2) is 5.67 Å². The lowest BCUT2D eigenvalue weighted by atomic mass is 9.82. The smallest absolute Gasteiger partial charge is 0.416 e. The standard InChI is InChI=1S/C27H24Cl2FNO4/c28-23-14-21(19-9-5-2-6-10-19)15-24(29)27(23,30)16-20(11-12-32)25(33)31-22(17-35-26(31)34)13-18-7-3-1-4-8-18/h1-10,12,14-15,20,22-23H,11,13,16-17H2/t20-,22-,23?,27?/m1/s1. The van der Waals surface area contributed by atoms with Crippen LogP contribution in [-0.2, 0) is 20.7 Å². The van der Waals surface area contributed by atoms with Crippen LogP contribution in [0.4, 0.5) is 9.18 Å². The highest BCUT2D eigenvalue weighted by molar-refractivity contribution is 6.34. The Morgan fingerprint density at radius 2 is 1.83 bits per heavy atom. The van der Waals surface area contributed by atoms with Gasteiger partial charge in [-0.1, -0.05) is 78.3 Å². The molecule has 1 aliphatic carbocycles. The minimum absolute atomic E-state index is 0.0238. The van der Waals surface area contributed by atoms with Crippen molar-refractivity contribution in [2.24, 2.45) is 5.92 Å². The zero-order valence-electron chi connectivity index (χ0n) is 18.8. The second kappa shape index (κ2) is 10.8. The first-order chi connectivity index (χ1) is 16.8. The fourth-order valence-electron chi connectivity index (χ4n) is 4.46. The van der Waals surface area contributed by atoms with Crippen LogP contribution in [0, 0.1) is 5.92 Å². The number of imide groups is 1. The first-order valence-electron chi connectivity index (χ1n) is 11.3. The lowest BCUT2D eigenvalue weighted by molar-refractivity contribution is -0.136. The molecule has 2 aromatic carbocycles. The van der Waals surface area contributed by atoms with Crippen molar-refractivity contribution in [2.45, 2.75) is 36.4 Å². The number of hydrogen-bond acceptors (Lipinski definition) is 4. The minimum atomic E-state index is -2.29. The summed E-state index contributed by atoms with van der Waals surface area (Å²) in [4.78, 5) is 38.3. The van der Waals surface area contributed by atoms with E-state index in [0.29, 0.717) is 18.3 Å². The first kappa shape index (κ1) is 25.1. The molecule has 182 valence electrons. The van der Waals surface area contributed by atoms with Gasteiger partial charge in [-0.15, -0.1) is 11.6 Å². The van der Waals surface area contributed by atoms with Gasteiger partial charge in [0.25, 0.3) is 0 Å². The van der Waals surface area contributed by atoms with E-state index >= 15 is 4.39 Å². The van der Waals surface area contributed by atoms with E-state index < -0.39 is 41.4 Å². The molecule has 0 saturated carbocycles. The monoisotopic (exact) mass is 515 g/mol. The second-order valence-corrected chi connectivity index (χ2v) is 9.55. The molecule has 0 aromatic heterocycles. The Labute approximate surface area is 213 Å². The number of allylic oxidation sites excluding steroid dienone is 4. The number of alkyl halides is 2. The summed E-state index contributed by atoms with van der Waals surface area (Å²) in [5, 5.41) is -1.34. The molecule has 0 bridgehead atoms. The number of hydrogen-bond donors (Lipinski definition) is 0. The minimum Gasteiger partial charge on any atom is -0.447 e. The van der Waals surface area contributed by atoms with Crippen molar-refractivity contribution in [1.29, 1.82) is 0 Å². The van der Waals surface area contributed by atoms with Crippen molar-refractivity contribution >= 4 is 47.1 Å². The maximum absolute atomic E-state index is 16.2. The second-order valence-electron chi connectivity index (χ2n) is 8.68. The summed E-state index contributed by atoms with van der Waals surface area (Å²) in [5.74, 6) is -1.82. The summed E-state index contributed by atoms with van der Waals surface area (Å²) in [6, 6.07) is 18.0. The Morgan fingerprint density at radius 3 is 2.46 bits per heavy atom. The SMILES string of the molecule is O=CC[C@H](CC1(F)C(Cl)=CC(c2ccccc2)=CC1Cl)C(=O)N1C(=O)OC[C@H]1Cc1ccccc1. The molecule has 0 N–H and O–H groups in total. The summed E-state index contributed by atoms with van der Waals surface area (Å²) in [6.07, 6.45) is 2.42. The number of amides is 2. The summed E-state index contributed by atoms with van der Waals surface area (Å²) >= 11 is 12.8. The average Bonchev–Trinajstić information content (AvgIpc) is 3.22. The summed E-state index contributed by atoms with van der Waals surface area (Å²) in [5.41, 5.74) is 0.110. The number of rotatable bonds is 8. The molecule has 2 aliphatic rings. The number of benzene rings is 2. The van der Waals surface area contributed by atoms with Gasteiger partial charge in [0.05, 0.1) is 16.5 Å². The molecule has 0 spiro atoms. The van der Waals surface area contributed by atoms with E-state index in [1.54, 1.807) is 6.08 Å². The van der Waals surface area contributed by atoms with Crippen molar-refractivity contribution in [3.8, 4) is 0 Å². The molecule has 8 heteroatoms. The molecule has 1 aliphatic heterocycles. The van der Waals surface area contributed by atoms with Gasteiger partial charge < -0.3 is 9.53 Å². The van der Waals surface area contributed by atoms with E-state index in [4.69, 9.17) is 27.9 Å². The molecule has 5 nitrogen and oxygen atoms in total. The van der Waals surface area contributed by atoms with Crippen LogP contribution in [0.5, 0.6) is 0 Å². The fraction of sp³-hybridized carbons (Fsp3) is 0.296. The van der Waals surface area contributed by atoms with E-state index in [1.807, 2.05) is 60.7 Å². The molecule has 4 atom stereocenters. The van der Waals surface area contributed by atoms with Crippen LogP contribution in [0.2, 0.25) is 0 Å². The molecular weight excluding hydrogens is 492 g/mol. The predicted molar refractivity (Wildman–Crippen MR) is 133 cm³/mol. The maximum Gasteiger partial charge on any atom is 0.416 e. The Kier molecular flexibility index (Phi) is 7.72. The van der Waals surface area contributed by atoms with Crippen LogP contribution in [0.15, 0.2) is 77.8 Å². The first-order valence-corrected chi connectivity index (χ1v) is 12.1. The number of halogens is 3. The van der Waals surface area contributed by atoms with Crippen LogP contribution >= 0.6 is 23.2 Å². The van der Waals surface area contributed by atoms with Gasteiger partial charge in [-0.25, -0.2) is 14.1 Å². The van der Waals surface area contributed by atoms with Gasteiger partial charge in [-0.3, -0.25) is 4.79 Å². The Balaban J connectivity index is 1.56. The van der Waals surface area contributed by atoms with E-state index in [2.05, 4.69) is 0 Å². The quantitative estimate of drug-likeness (QED) is 0.333. The maximum atomic E-state index is 16.2. The highest BCUT2D eigenvalue weighted by Crippen LogP contribution is 2.45. The zero-order valence-corrected chi connectivity index (χ0v) is 20.3. The van der Waals surface area contributed by atoms with Crippen LogP contribution in [0.3, 0.4) is 0 Å². The van der Waals surface area contributed by atoms with Crippen molar-refractivity contribution in [2.75, 3.05) is 6.61 Å². The summed E-state index contributed by atoms with van der Waals surface area (Å²) in [7, 11) is 0. The molecular formula is C27H24Cl2FNO4. The largest absolute Gasteiger partial charge is 0.447 e. The number of carbonyl (C=O) groups is 3. The van der Waals surface area contributed by atoms with Gasteiger partial charge in [0, 0.05) is 18.8 Å². The van der Waals surface area contributed by atoms with Crippen LogP contribution in [0.1, 0.15) is 24.0 Å². The van der Waals surface area contributed by atoms with Gasteiger partial charge in [0.1, 0.15) is 12.9 Å². The van der Waals surface area contributed by atoms with E-state index in [1.165, 1.54) is 6.08 Å². The molecule has 2 aromatic rings. The van der Waals surface area contributed by atoms with Gasteiger partial charge in [-0.2, -0.15) is 0 Å². The molecule has 0 radical (unpaired) electrons. The van der Waals surface area contributed by atoms with Crippen LogP contribution in [0.25, 0.3) is 5.57 Å². The number of aldehydes is 1. The molecule has 35 heavy (non-hydrogen) atoms. The zero-order chi connectivity index (χ0) is 25.0. The van der Waals surface area contributed by atoms with Crippen molar-refractivity contribution in [1.82, 2.24) is 4.90 Å². The van der Waals surface area contributed by atoms with Crippen LogP contribution in [-0.4, -0.2) is 46.9 Å². The lowest BCUT2D eigenvalue weighted by Crippen LogP contribution is -2.47. The van der Waals surface area contributed by atoms with Crippen molar-refractivity contribution in [3.05, 3.63) is 89.0 Å². The Hall–Kier alpha value is -2.96. The number of ether oxygens (including phenoxy) is 1. The number of cyclic esters (lactones) is 1. The third-order valence-corrected chi connectivity index (χ3v) is 7.23. The third-order valence-electron chi connectivity index (χ3n) is 6.34. The van der Waals surface area contributed by atoms with E-state index in [9.17, 15) is 14.4 Å². The summed E-state index contributed by atoms with van der Waals surface area (Å²) in [6.45, 7) is 0.0238. The molecule has 2 unspecified atom stereocenters. The average molecular weight is 516 g/mol. The van der Waals surface area contributed by atoms with Gasteiger partial charge >= 0.3 is 6.09 Å². The fourth-order valence-corrected chi connectivity index (χ4v) is 5.17. The highest BCUT2D eigenvalue weighted by atomic mass is 35.5. The molecule has 1 fully saturated rings. The van der Waals surface area contributed by atoms with Gasteiger partial charge in [-0.05, 0) is 29.2 Å². The Morgan fingerprint density at radius 1 is 1.17 bits per heavy atom. The molecule has 4 rings (SSSR count). The molecule has 2 amide bonds. The molecule has 1 saturated heterocycles. The molecule has 1 heterocycles. The lowest BCUT2D eigenvalue weighted by Gasteiger charge is -2.35. The Bertz CT molecular complexity index is 1150. The highest BCUT2D eigenvalue weighted by Gasteiger charge is 2.48. The predicted octanol–water partition coefficient (Wildman–Crippen LogP) is 5.71. The topological polar surface area (TPSA) is 63.7 Å². The van der Waals surface area contributed by atoms with Crippen molar-refractivity contribution in [3.63, 3.8) is 0 Å².